The Labute approximate surface area is 159 Å². The minimum absolute atomic E-state index is 0.0543. The molecule has 1 N–H and O–H groups in total. The molecule has 1 aliphatic rings. The number of likely N-dealkylation sites (tertiary alicyclic amines) is 1. The summed E-state index contributed by atoms with van der Waals surface area (Å²) in [5.74, 6) is -0.302. The summed E-state index contributed by atoms with van der Waals surface area (Å²) >= 11 is 1.58. The van der Waals surface area contributed by atoms with Gasteiger partial charge in [0.05, 0.1) is 10.2 Å². The third-order valence-electron chi connectivity index (χ3n) is 4.29. The Morgan fingerprint density at radius 3 is 2.59 bits per heavy atom. The monoisotopic (exact) mass is 380 g/mol. The number of hydrogen-bond donors (Lipinski definition) is 1. The molecule has 136 valence electrons. The van der Waals surface area contributed by atoms with E-state index in [1.165, 1.54) is 0 Å². The molecule has 3 aromatic rings. The van der Waals surface area contributed by atoms with E-state index in [2.05, 4.69) is 15.3 Å². The number of carbonyl (C=O) groups is 3. The van der Waals surface area contributed by atoms with Crippen LogP contribution in [-0.4, -0.2) is 39.1 Å². The van der Waals surface area contributed by atoms with Gasteiger partial charge in [0.25, 0.3) is 0 Å². The van der Waals surface area contributed by atoms with Crippen LogP contribution in [0.3, 0.4) is 0 Å². The van der Waals surface area contributed by atoms with Gasteiger partial charge in [-0.05, 0) is 24.3 Å². The van der Waals surface area contributed by atoms with Crippen LogP contribution in [0.25, 0.3) is 20.8 Å². The zero-order valence-corrected chi connectivity index (χ0v) is 15.2. The van der Waals surface area contributed by atoms with Crippen molar-refractivity contribution in [3.05, 3.63) is 42.6 Å². The Kier molecular flexibility index (Phi) is 4.64. The Morgan fingerprint density at radius 1 is 1.11 bits per heavy atom. The molecule has 3 amide bonds. The Bertz CT molecular complexity index is 980. The number of pyridine rings is 1. The van der Waals surface area contributed by atoms with E-state index in [0.29, 0.717) is 5.82 Å². The van der Waals surface area contributed by atoms with E-state index < -0.39 is 0 Å². The fourth-order valence-electron chi connectivity index (χ4n) is 2.88. The molecule has 0 radical (unpaired) electrons. The predicted octanol–water partition coefficient (Wildman–Crippen LogP) is 2.84. The molecule has 2 aromatic heterocycles. The normalized spacial score (nSPS) is 14.1. The largest absolute Gasteiger partial charge is 0.311 e. The van der Waals surface area contributed by atoms with Crippen molar-refractivity contribution in [2.75, 3.05) is 11.9 Å². The zero-order chi connectivity index (χ0) is 18.8. The molecule has 3 heterocycles. The number of hydrogen-bond acceptors (Lipinski definition) is 6. The molecule has 0 atom stereocenters. The molecule has 0 spiro atoms. The van der Waals surface area contributed by atoms with Gasteiger partial charge in [0, 0.05) is 37.6 Å². The first-order valence-corrected chi connectivity index (χ1v) is 9.37. The van der Waals surface area contributed by atoms with Crippen LogP contribution in [0.4, 0.5) is 5.82 Å². The number of fused-ring (bicyclic) bond motifs is 1. The summed E-state index contributed by atoms with van der Waals surface area (Å²) in [5.41, 5.74) is 1.82. The van der Waals surface area contributed by atoms with Crippen molar-refractivity contribution in [1.29, 1.82) is 0 Å². The SMILES string of the molecule is O=C(CCN1C(=O)CCC1=O)Nc1ccc(-c2nc3ccccc3s2)cn1. The van der Waals surface area contributed by atoms with Gasteiger partial charge in [0.1, 0.15) is 10.8 Å². The molecule has 0 saturated carbocycles. The average Bonchev–Trinajstić information content (AvgIpc) is 3.24. The summed E-state index contributed by atoms with van der Waals surface area (Å²) in [6.07, 6.45) is 2.18. The van der Waals surface area contributed by atoms with E-state index in [4.69, 9.17) is 0 Å². The third-order valence-corrected chi connectivity index (χ3v) is 5.37. The number of amides is 3. The number of para-hydroxylation sites is 1. The van der Waals surface area contributed by atoms with Crippen LogP contribution in [-0.2, 0) is 14.4 Å². The van der Waals surface area contributed by atoms with Crippen molar-refractivity contribution in [2.24, 2.45) is 0 Å². The molecule has 0 aliphatic carbocycles. The van der Waals surface area contributed by atoms with Crippen molar-refractivity contribution >= 4 is 45.1 Å². The summed E-state index contributed by atoms with van der Waals surface area (Å²) < 4.78 is 1.11. The number of aromatic nitrogens is 2. The number of benzene rings is 1. The molecule has 1 aliphatic heterocycles. The van der Waals surface area contributed by atoms with Crippen molar-refractivity contribution in [2.45, 2.75) is 19.3 Å². The van der Waals surface area contributed by atoms with Gasteiger partial charge in [-0.2, -0.15) is 0 Å². The zero-order valence-electron chi connectivity index (χ0n) is 14.3. The quantitative estimate of drug-likeness (QED) is 0.687. The summed E-state index contributed by atoms with van der Waals surface area (Å²) in [6, 6.07) is 11.5. The molecule has 1 fully saturated rings. The number of anilines is 1. The maximum absolute atomic E-state index is 12.0. The van der Waals surface area contributed by atoms with Crippen LogP contribution in [0.2, 0.25) is 0 Å². The second-order valence-corrected chi connectivity index (χ2v) is 7.19. The maximum Gasteiger partial charge on any atom is 0.229 e. The Balaban J connectivity index is 1.38. The molecule has 0 unspecified atom stereocenters. The fraction of sp³-hybridized carbons (Fsp3) is 0.211. The molecular weight excluding hydrogens is 364 g/mol. The lowest BCUT2D eigenvalue weighted by Gasteiger charge is -2.13. The van der Waals surface area contributed by atoms with Gasteiger partial charge in [-0.25, -0.2) is 9.97 Å². The molecule has 1 saturated heterocycles. The highest BCUT2D eigenvalue weighted by Crippen LogP contribution is 2.29. The van der Waals surface area contributed by atoms with Crippen molar-refractivity contribution in [3.63, 3.8) is 0 Å². The lowest BCUT2D eigenvalue weighted by molar-refractivity contribution is -0.138. The first kappa shape index (κ1) is 17.3. The van der Waals surface area contributed by atoms with Crippen molar-refractivity contribution in [3.8, 4) is 10.6 Å². The van der Waals surface area contributed by atoms with Gasteiger partial charge < -0.3 is 5.32 Å². The molecule has 0 bridgehead atoms. The minimum atomic E-state index is -0.289. The van der Waals surface area contributed by atoms with E-state index in [9.17, 15) is 14.4 Å². The van der Waals surface area contributed by atoms with Gasteiger partial charge >= 0.3 is 0 Å². The van der Waals surface area contributed by atoms with Gasteiger partial charge in [0.15, 0.2) is 0 Å². The van der Waals surface area contributed by atoms with E-state index in [0.717, 1.165) is 25.7 Å². The highest BCUT2D eigenvalue weighted by molar-refractivity contribution is 7.21. The average molecular weight is 380 g/mol. The number of carbonyl (C=O) groups excluding carboxylic acids is 3. The molecule has 27 heavy (non-hydrogen) atoms. The first-order valence-electron chi connectivity index (χ1n) is 8.55. The molecule has 7 nitrogen and oxygen atoms in total. The lowest BCUT2D eigenvalue weighted by Crippen LogP contribution is -2.32. The number of imide groups is 1. The van der Waals surface area contributed by atoms with Gasteiger partial charge in [-0.1, -0.05) is 12.1 Å². The predicted molar refractivity (Wildman–Crippen MR) is 102 cm³/mol. The second kappa shape index (κ2) is 7.24. The number of rotatable bonds is 5. The van der Waals surface area contributed by atoms with E-state index in [1.807, 2.05) is 30.3 Å². The summed E-state index contributed by atoms with van der Waals surface area (Å²) in [7, 11) is 0. The van der Waals surface area contributed by atoms with E-state index in [1.54, 1.807) is 23.6 Å². The van der Waals surface area contributed by atoms with Gasteiger partial charge in [0.2, 0.25) is 17.7 Å². The molecule has 4 rings (SSSR count). The van der Waals surface area contributed by atoms with Crippen LogP contribution >= 0.6 is 11.3 Å². The Hall–Kier alpha value is -3.13. The van der Waals surface area contributed by atoms with Gasteiger partial charge in [-0.3, -0.25) is 19.3 Å². The van der Waals surface area contributed by atoms with Gasteiger partial charge in [-0.15, -0.1) is 11.3 Å². The second-order valence-electron chi connectivity index (χ2n) is 6.16. The fourth-order valence-corrected chi connectivity index (χ4v) is 3.84. The topological polar surface area (TPSA) is 92.3 Å². The van der Waals surface area contributed by atoms with Crippen LogP contribution in [0.5, 0.6) is 0 Å². The highest BCUT2D eigenvalue weighted by atomic mass is 32.1. The van der Waals surface area contributed by atoms with E-state index in [-0.39, 0.29) is 43.5 Å². The van der Waals surface area contributed by atoms with E-state index >= 15 is 0 Å². The standard InChI is InChI=1S/C19H16N4O3S/c24-16(9-10-23-17(25)7-8-18(23)26)22-15-6-5-12(11-20-15)19-21-13-3-1-2-4-14(13)27-19/h1-6,11H,7-10H2,(H,20,22,24). The first-order chi connectivity index (χ1) is 13.1. The molecule has 8 heteroatoms. The number of nitrogens with one attached hydrogen (secondary N) is 1. The van der Waals surface area contributed by atoms with Crippen LogP contribution in [0.15, 0.2) is 42.6 Å². The minimum Gasteiger partial charge on any atom is -0.311 e. The summed E-state index contributed by atoms with van der Waals surface area (Å²) in [6.45, 7) is 0.104. The third kappa shape index (κ3) is 3.70. The van der Waals surface area contributed by atoms with Crippen molar-refractivity contribution < 1.29 is 14.4 Å². The summed E-state index contributed by atoms with van der Waals surface area (Å²) in [4.78, 5) is 45.1. The van der Waals surface area contributed by atoms with Crippen LogP contribution in [0, 0.1) is 0 Å². The van der Waals surface area contributed by atoms with Crippen LogP contribution < -0.4 is 5.32 Å². The Morgan fingerprint density at radius 2 is 1.89 bits per heavy atom. The smallest absolute Gasteiger partial charge is 0.229 e. The highest BCUT2D eigenvalue weighted by Gasteiger charge is 2.28. The number of nitrogens with zero attached hydrogens (tertiary/aromatic N) is 3. The lowest BCUT2D eigenvalue weighted by atomic mass is 10.3. The van der Waals surface area contributed by atoms with Crippen LogP contribution in [0.1, 0.15) is 19.3 Å². The molecule has 1 aromatic carbocycles. The molecular formula is C19H16N4O3S. The van der Waals surface area contributed by atoms with Crippen molar-refractivity contribution in [1.82, 2.24) is 14.9 Å². The summed E-state index contributed by atoms with van der Waals surface area (Å²) in [5, 5.41) is 3.55. The maximum atomic E-state index is 12.0. The number of thiazole rings is 1.